The molecule has 0 aliphatic carbocycles. The first-order valence-corrected chi connectivity index (χ1v) is 8.64. The largest absolute Gasteiger partial charge is 0.444 e. The fourth-order valence-electron chi connectivity index (χ4n) is 3.87. The van der Waals surface area contributed by atoms with E-state index < -0.39 is 5.60 Å². The minimum Gasteiger partial charge on any atom is -0.444 e. The van der Waals surface area contributed by atoms with E-state index in [4.69, 9.17) is 4.74 Å². The first-order chi connectivity index (χ1) is 10.8. The van der Waals surface area contributed by atoms with Crippen LogP contribution in [0.2, 0.25) is 0 Å². The number of carbonyl (C=O) groups is 1. The highest BCUT2D eigenvalue weighted by Gasteiger charge is 2.45. The summed E-state index contributed by atoms with van der Waals surface area (Å²) in [6.45, 7) is 10.8. The van der Waals surface area contributed by atoms with Gasteiger partial charge in [0.2, 0.25) is 0 Å². The van der Waals surface area contributed by atoms with Gasteiger partial charge in [0, 0.05) is 25.2 Å². The maximum Gasteiger partial charge on any atom is 0.410 e. The Hall–Kier alpha value is -1.55. The number of fused-ring (bicyclic) bond motifs is 1. The van der Waals surface area contributed by atoms with Crippen LogP contribution >= 0.6 is 0 Å². The topological polar surface area (TPSA) is 32.8 Å². The summed E-state index contributed by atoms with van der Waals surface area (Å²) in [5.74, 6) is 0.577. The van der Waals surface area contributed by atoms with E-state index >= 15 is 0 Å². The molecule has 2 aliphatic rings. The van der Waals surface area contributed by atoms with Gasteiger partial charge in [-0.15, -0.1) is 0 Å². The summed E-state index contributed by atoms with van der Waals surface area (Å²) in [6.07, 6.45) is 1.00. The van der Waals surface area contributed by atoms with Gasteiger partial charge in [0.25, 0.3) is 0 Å². The Morgan fingerprint density at radius 2 is 1.91 bits per heavy atom. The average Bonchev–Trinajstić information content (AvgIpc) is 3.05. The van der Waals surface area contributed by atoms with Crippen molar-refractivity contribution < 1.29 is 9.53 Å². The van der Waals surface area contributed by atoms with Crippen LogP contribution in [0.3, 0.4) is 0 Å². The molecule has 23 heavy (non-hydrogen) atoms. The molecule has 3 rings (SSSR count). The molecule has 0 aromatic heterocycles. The van der Waals surface area contributed by atoms with Crippen molar-refractivity contribution in [3.05, 3.63) is 35.9 Å². The molecule has 1 aromatic carbocycles. The molecule has 3 atom stereocenters. The van der Waals surface area contributed by atoms with Crippen molar-refractivity contribution in [2.45, 2.75) is 51.8 Å². The SMILES string of the molecule is C[C@H](c1ccccc1)N1CC[C@@H]2CN(C(=O)OC(C)(C)C)C[C@@H]21. The van der Waals surface area contributed by atoms with E-state index in [1.807, 2.05) is 25.7 Å². The minimum atomic E-state index is -0.425. The van der Waals surface area contributed by atoms with E-state index in [0.29, 0.717) is 18.0 Å². The van der Waals surface area contributed by atoms with Gasteiger partial charge >= 0.3 is 6.09 Å². The lowest BCUT2D eigenvalue weighted by atomic mass is 10.0. The smallest absolute Gasteiger partial charge is 0.410 e. The number of likely N-dealkylation sites (tertiary alicyclic amines) is 2. The van der Waals surface area contributed by atoms with Crippen LogP contribution in [0.25, 0.3) is 0 Å². The highest BCUT2D eigenvalue weighted by Crippen LogP contribution is 2.37. The van der Waals surface area contributed by atoms with Crippen LogP contribution in [0.5, 0.6) is 0 Å². The normalized spacial score (nSPS) is 26.2. The van der Waals surface area contributed by atoms with Gasteiger partial charge in [0.05, 0.1) is 0 Å². The van der Waals surface area contributed by atoms with Gasteiger partial charge in [0.1, 0.15) is 5.60 Å². The summed E-state index contributed by atoms with van der Waals surface area (Å²) in [5, 5.41) is 0. The molecule has 2 aliphatic heterocycles. The Balaban J connectivity index is 1.66. The summed E-state index contributed by atoms with van der Waals surface area (Å²) in [7, 11) is 0. The van der Waals surface area contributed by atoms with Crippen LogP contribution in [-0.4, -0.2) is 47.2 Å². The second kappa shape index (κ2) is 6.16. The third-order valence-electron chi connectivity index (χ3n) is 5.02. The van der Waals surface area contributed by atoms with E-state index in [1.165, 1.54) is 12.0 Å². The van der Waals surface area contributed by atoms with Crippen molar-refractivity contribution in [1.82, 2.24) is 9.80 Å². The zero-order valence-corrected chi connectivity index (χ0v) is 14.7. The predicted octanol–water partition coefficient (Wildman–Crippen LogP) is 3.69. The second-order valence-electron chi connectivity index (χ2n) is 7.83. The van der Waals surface area contributed by atoms with Gasteiger partial charge in [-0.1, -0.05) is 30.3 Å². The maximum absolute atomic E-state index is 12.3. The van der Waals surface area contributed by atoms with Crippen molar-refractivity contribution in [2.24, 2.45) is 5.92 Å². The van der Waals surface area contributed by atoms with E-state index in [-0.39, 0.29) is 6.09 Å². The molecule has 0 radical (unpaired) electrons. The minimum absolute atomic E-state index is 0.167. The molecule has 0 saturated carbocycles. The quantitative estimate of drug-likeness (QED) is 0.834. The monoisotopic (exact) mass is 316 g/mol. The highest BCUT2D eigenvalue weighted by atomic mass is 16.6. The first kappa shape index (κ1) is 16.3. The number of amides is 1. The van der Waals surface area contributed by atoms with Crippen molar-refractivity contribution in [2.75, 3.05) is 19.6 Å². The number of carbonyl (C=O) groups excluding carboxylic acids is 1. The molecule has 2 heterocycles. The Morgan fingerprint density at radius 1 is 1.22 bits per heavy atom. The van der Waals surface area contributed by atoms with E-state index in [1.54, 1.807) is 0 Å². The van der Waals surface area contributed by atoms with E-state index in [9.17, 15) is 4.79 Å². The zero-order chi connectivity index (χ0) is 16.6. The van der Waals surface area contributed by atoms with Crippen molar-refractivity contribution in [1.29, 1.82) is 0 Å². The van der Waals surface area contributed by atoms with Crippen LogP contribution < -0.4 is 0 Å². The third-order valence-corrected chi connectivity index (χ3v) is 5.02. The third kappa shape index (κ3) is 3.52. The zero-order valence-electron chi connectivity index (χ0n) is 14.7. The summed E-state index contributed by atoms with van der Waals surface area (Å²) in [6, 6.07) is 11.5. The van der Waals surface area contributed by atoms with Crippen molar-refractivity contribution >= 4 is 6.09 Å². The molecule has 2 fully saturated rings. The van der Waals surface area contributed by atoms with Crippen LogP contribution in [0.4, 0.5) is 4.79 Å². The molecule has 0 N–H and O–H groups in total. The van der Waals surface area contributed by atoms with Gasteiger partial charge in [-0.05, 0) is 52.1 Å². The van der Waals surface area contributed by atoms with Gasteiger partial charge in [-0.3, -0.25) is 4.90 Å². The molecule has 1 amide bonds. The number of ether oxygens (including phenoxy) is 1. The highest BCUT2D eigenvalue weighted by molar-refractivity contribution is 5.68. The fourth-order valence-corrected chi connectivity index (χ4v) is 3.87. The molecule has 4 nitrogen and oxygen atoms in total. The summed E-state index contributed by atoms with van der Waals surface area (Å²) in [4.78, 5) is 16.8. The molecular weight excluding hydrogens is 288 g/mol. The molecule has 2 saturated heterocycles. The van der Waals surface area contributed by atoms with Crippen LogP contribution in [0, 0.1) is 5.92 Å². The molecule has 0 spiro atoms. The predicted molar refractivity (Wildman–Crippen MR) is 91.3 cm³/mol. The Labute approximate surface area is 139 Å². The molecule has 1 aromatic rings. The number of rotatable bonds is 2. The van der Waals surface area contributed by atoms with Gasteiger partial charge < -0.3 is 9.64 Å². The average molecular weight is 316 g/mol. The van der Waals surface area contributed by atoms with Crippen molar-refractivity contribution in [3.8, 4) is 0 Å². The summed E-state index contributed by atoms with van der Waals surface area (Å²) in [5.41, 5.74) is 0.926. The second-order valence-corrected chi connectivity index (χ2v) is 7.83. The van der Waals surface area contributed by atoms with Gasteiger partial charge in [0.15, 0.2) is 0 Å². The first-order valence-electron chi connectivity index (χ1n) is 8.64. The van der Waals surface area contributed by atoms with E-state index in [2.05, 4.69) is 42.2 Å². The lowest BCUT2D eigenvalue weighted by Gasteiger charge is -2.31. The molecular formula is C19H28N2O2. The number of hydrogen-bond donors (Lipinski definition) is 0. The summed E-state index contributed by atoms with van der Waals surface area (Å²) >= 11 is 0. The van der Waals surface area contributed by atoms with Gasteiger partial charge in [-0.25, -0.2) is 4.79 Å². The van der Waals surface area contributed by atoms with Crippen LogP contribution in [0.1, 0.15) is 45.7 Å². The Morgan fingerprint density at radius 3 is 2.57 bits per heavy atom. The molecule has 4 heteroatoms. The standard InChI is InChI=1S/C19H28N2O2/c1-14(15-8-6-5-7-9-15)21-11-10-16-12-20(13-17(16)21)18(22)23-19(2,3)4/h5-9,14,16-17H,10-13H2,1-4H3/t14-,16-,17+/m1/s1. The molecule has 126 valence electrons. The number of benzene rings is 1. The maximum atomic E-state index is 12.3. The lowest BCUT2D eigenvalue weighted by Crippen LogP contribution is -2.40. The molecule has 0 bridgehead atoms. The van der Waals surface area contributed by atoms with Crippen LogP contribution in [0.15, 0.2) is 30.3 Å². The Bertz CT molecular complexity index is 552. The number of nitrogens with zero attached hydrogens (tertiary/aromatic N) is 2. The van der Waals surface area contributed by atoms with Crippen molar-refractivity contribution in [3.63, 3.8) is 0 Å². The summed E-state index contributed by atoms with van der Waals surface area (Å²) < 4.78 is 5.54. The van der Waals surface area contributed by atoms with Gasteiger partial charge in [-0.2, -0.15) is 0 Å². The lowest BCUT2D eigenvalue weighted by molar-refractivity contribution is 0.0267. The number of hydrogen-bond acceptors (Lipinski definition) is 3. The Kier molecular flexibility index (Phi) is 4.37. The fraction of sp³-hybridized carbons (Fsp3) is 0.632. The van der Waals surface area contributed by atoms with E-state index in [0.717, 1.165) is 19.6 Å². The van der Waals surface area contributed by atoms with Crippen LogP contribution in [-0.2, 0) is 4.74 Å². The molecule has 0 unspecified atom stereocenters.